The molecule has 7 nitrogen and oxygen atoms in total. The van der Waals surface area contributed by atoms with Gasteiger partial charge in [0.25, 0.3) is 10.0 Å². The Hall–Kier alpha value is -3.52. The highest BCUT2D eigenvalue weighted by Crippen LogP contribution is 2.30. The normalized spacial score (nSPS) is 15.5. The SMILES string of the molecule is CC[n+]1ccn(C2=C([O-])c3ccccc3C(=O)/C2=N/S(=O)(=O)c2ccc(C)cc2)c1. The number of ketones is 1. The minimum atomic E-state index is -4.20. The highest BCUT2D eigenvalue weighted by Gasteiger charge is 2.33. The Kier molecular flexibility index (Phi) is 4.87. The van der Waals surface area contributed by atoms with Crippen LogP contribution in [-0.4, -0.2) is 24.5 Å². The Balaban J connectivity index is 1.96. The van der Waals surface area contributed by atoms with Gasteiger partial charge in [0.05, 0.1) is 11.4 Å². The molecule has 152 valence electrons. The van der Waals surface area contributed by atoms with Crippen LogP contribution >= 0.6 is 0 Å². The van der Waals surface area contributed by atoms with Crippen LogP contribution in [0.1, 0.15) is 28.4 Å². The summed E-state index contributed by atoms with van der Waals surface area (Å²) in [5.41, 5.74) is 0.781. The number of rotatable bonds is 4. The van der Waals surface area contributed by atoms with Gasteiger partial charge >= 0.3 is 0 Å². The zero-order chi connectivity index (χ0) is 21.5. The van der Waals surface area contributed by atoms with Crippen LogP contribution in [0.25, 0.3) is 11.5 Å². The van der Waals surface area contributed by atoms with Crippen molar-refractivity contribution in [1.29, 1.82) is 0 Å². The van der Waals surface area contributed by atoms with Crippen LogP contribution in [0.3, 0.4) is 0 Å². The number of fused-ring (bicyclic) bond motifs is 1. The van der Waals surface area contributed by atoms with Crippen LogP contribution in [-0.2, 0) is 16.6 Å². The fourth-order valence-corrected chi connectivity index (χ4v) is 4.27. The summed E-state index contributed by atoms with van der Waals surface area (Å²) in [6.07, 6.45) is 4.96. The van der Waals surface area contributed by atoms with E-state index in [1.54, 1.807) is 53.6 Å². The number of benzene rings is 2. The maximum Gasteiger partial charge on any atom is 0.283 e. The molecule has 0 radical (unpaired) electrons. The lowest BCUT2D eigenvalue weighted by Crippen LogP contribution is -2.32. The van der Waals surface area contributed by atoms with Gasteiger partial charge in [-0.1, -0.05) is 42.0 Å². The summed E-state index contributed by atoms with van der Waals surface area (Å²) >= 11 is 0. The van der Waals surface area contributed by atoms with Gasteiger partial charge in [-0.05, 0) is 37.3 Å². The number of carbonyl (C=O) groups excluding carboxylic acids is 1. The molecule has 0 unspecified atom stereocenters. The third-order valence-electron chi connectivity index (χ3n) is 4.92. The van der Waals surface area contributed by atoms with E-state index in [-0.39, 0.29) is 21.7 Å². The van der Waals surface area contributed by atoms with Crippen molar-refractivity contribution in [2.24, 2.45) is 4.40 Å². The molecule has 0 saturated heterocycles. The van der Waals surface area contributed by atoms with Crippen LogP contribution < -0.4 is 9.67 Å². The van der Waals surface area contributed by atoms with E-state index >= 15 is 0 Å². The second kappa shape index (κ2) is 7.38. The molecular formula is C22H19N3O4S. The summed E-state index contributed by atoms with van der Waals surface area (Å²) in [7, 11) is -4.20. The highest BCUT2D eigenvalue weighted by molar-refractivity contribution is 7.90. The maximum absolute atomic E-state index is 13.2. The number of aryl methyl sites for hydroxylation is 2. The number of imidazole rings is 1. The standard InChI is InChI=1S/C22H19N3O4S/c1-3-24-12-13-25(14-24)20-19(21(26)17-6-4-5-7-18(17)22(20)27)23-30(28,29)16-10-8-15(2)9-11-16/h4-14H,3H2,1-2H3. The highest BCUT2D eigenvalue weighted by atomic mass is 32.2. The van der Waals surface area contributed by atoms with E-state index in [1.165, 1.54) is 22.8 Å². The lowest BCUT2D eigenvalue weighted by atomic mass is 9.91. The molecule has 30 heavy (non-hydrogen) atoms. The van der Waals surface area contributed by atoms with Gasteiger partial charge < -0.3 is 5.11 Å². The molecule has 0 fully saturated rings. The summed E-state index contributed by atoms with van der Waals surface area (Å²) in [5, 5.41) is 13.2. The summed E-state index contributed by atoms with van der Waals surface area (Å²) in [5.74, 6) is -1.06. The third kappa shape index (κ3) is 3.35. The number of allylic oxidation sites excluding steroid dienone is 1. The molecule has 3 aromatic rings. The Labute approximate surface area is 174 Å². The molecule has 2 aromatic carbocycles. The summed E-state index contributed by atoms with van der Waals surface area (Å²) in [4.78, 5) is 13.2. The number of hydrogen-bond donors (Lipinski definition) is 0. The van der Waals surface area contributed by atoms with Crippen molar-refractivity contribution >= 4 is 33.0 Å². The molecule has 4 rings (SSSR count). The van der Waals surface area contributed by atoms with Gasteiger partial charge in [-0.3, -0.25) is 4.79 Å². The van der Waals surface area contributed by atoms with E-state index in [0.717, 1.165) is 5.56 Å². The van der Waals surface area contributed by atoms with Gasteiger partial charge in [0.15, 0.2) is 11.4 Å². The maximum atomic E-state index is 13.2. The molecule has 1 aliphatic carbocycles. The van der Waals surface area contributed by atoms with Gasteiger partial charge in [0.2, 0.25) is 12.1 Å². The molecule has 0 bridgehead atoms. The fraction of sp³-hybridized carbons (Fsp3) is 0.136. The van der Waals surface area contributed by atoms with E-state index in [1.807, 2.05) is 13.8 Å². The van der Waals surface area contributed by atoms with Crippen LogP contribution in [0.4, 0.5) is 0 Å². The van der Waals surface area contributed by atoms with Crippen molar-refractivity contribution in [2.45, 2.75) is 25.3 Å². The second-order valence-electron chi connectivity index (χ2n) is 6.93. The van der Waals surface area contributed by atoms with Crippen molar-refractivity contribution in [3.8, 4) is 0 Å². The Morgan fingerprint density at radius 2 is 1.73 bits per heavy atom. The fourth-order valence-electron chi connectivity index (χ4n) is 3.27. The minimum absolute atomic E-state index is 0.0461. The van der Waals surface area contributed by atoms with E-state index in [9.17, 15) is 18.3 Å². The molecule has 1 aromatic heterocycles. The van der Waals surface area contributed by atoms with E-state index < -0.39 is 27.3 Å². The topological polar surface area (TPSA) is 95.4 Å². The van der Waals surface area contributed by atoms with Crippen molar-refractivity contribution in [2.75, 3.05) is 0 Å². The molecule has 1 aliphatic rings. The zero-order valence-electron chi connectivity index (χ0n) is 16.4. The Morgan fingerprint density at radius 1 is 1.07 bits per heavy atom. The van der Waals surface area contributed by atoms with Gasteiger partial charge in [-0.2, -0.15) is 12.8 Å². The van der Waals surface area contributed by atoms with E-state index in [2.05, 4.69) is 4.40 Å². The van der Waals surface area contributed by atoms with Crippen LogP contribution in [0.5, 0.6) is 0 Å². The first-order valence-corrected chi connectivity index (χ1v) is 10.8. The van der Waals surface area contributed by atoms with Gasteiger partial charge in [0.1, 0.15) is 12.4 Å². The molecule has 0 N–H and O–H groups in total. The first kappa shape index (κ1) is 19.8. The molecule has 0 saturated carbocycles. The average Bonchev–Trinajstić information content (AvgIpc) is 3.21. The van der Waals surface area contributed by atoms with Gasteiger partial charge in [-0.25, -0.2) is 9.13 Å². The lowest BCUT2D eigenvalue weighted by Gasteiger charge is -2.24. The van der Waals surface area contributed by atoms with Crippen molar-refractivity contribution in [3.05, 3.63) is 83.9 Å². The van der Waals surface area contributed by atoms with Gasteiger partial charge in [0, 0.05) is 5.56 Å². The monoisotopic (exact) mass is 421 g/mol. The first-order chi connectivity index (χ1) is 14.3. The molecule has 0 amide bonds. The third-order valence-corrected chi connectivity index (χ3v) is 6.21. The van der Waals surface area contributed by atoms with Crippen molar-refractivity contribution < 1.29 is 22.9 Å². The summed E-state index contributed by atoms with van der Waals surface area (Å²) in [6.45, 7) is 4.41. The van der Waals surface area contributed by atoms with E-state index in [4.69, 9.17) is 0 Å². The average molecular weight is 421 g/mol. The van der Waals surface area contributed by atoms with Crippen molar-refractivity contribution in [3.63, 3.8) is 0 Å². The first-order valence-electron chi connectivity index (χ1n) is 9.36. The predicted molar refractivity (Wildman–Crippen MR) is 110 cm³/mol. The molecule has 8 heteroatoms. The van der Waals surface area contributed by atoms with Crippen LogP contribution in [0, 0.1) is 6.92 Å². The molecule has 0 aliphatic heterocycles. The quantitative estimate of drug-likeness (QED) is 0.601. The predicted octanol–water partition coefficient (Wildman–Crippen LogP) is 1.82. The lowest BCUT2D eigenvalue weighted by molar-refractivity contribution is -0.692. The Morgan fingerprint density at radius 3 is 2.37 bits per heavy atom. The van der Waals surface area contributed by atoms with Crippen molar-refractivity contribution in [1.82, 2.24) is 4.57 Å². The zero-order valence-corrected chi connectivity index (χ0v) is 17.3. The number of aromatic nitrogens is 2. The molecule has 1 heterocycles. The van der Waals surface area contributed by atoms with E-state index in [0.29, 0.717) is 6.54 Å². The number of Topliss-reactive ketones (excluding diaryl/α,β-unsaturated/α-hetero) is 1. The van der Waals surface area contributed by atoms with Gasteiger partial charge in [-0.15, -0.1) is 0 Å². The minimum Gasteiger partial charge on any atom is -0.869 e. The largest absolute Gasteiger partial charge is 0.869 e. The number of nitrogens with zero attached hydrogens (tertiary/aromatic N) is 3. The Bertz CT molecular complexity index is 1320. The number of sulfonamides is 1. The van der Waals surface area contributed by atoms with Crippen LogP contribution in [0.15, 0.2) is 76.5 Å². The summed E-state index contributed by atoms with van der Waals surface area (Å²) < 4.78 is 33.0. The number of carbonyl (C=O) groups is 1. The summed E-state index contributed by atoms with van der Waals surface area (Å²) in [6, 6.07) is 12.5. The molecule has 0 spiro atoms. The number of hydrogen-bond acceptors (Lipinski definition) is 4. The molecule has 0 atom stereocenters. The molecular weight excluding hydrogens is 402 g/mol. The second-order valence-corrected chi connectivity index (χ2v) is 8.54. The smallest absolute Gasteiger partial charge is 0.283 e. The van der Waals surface area contributed by atoms with Crippen LogP contribution in [0.2, 0.25) is 0 Å².